The van der Waals surface area contributed by atoms with Gasteiger partial charge in [0.25, 0.3) is 5.91 Å². The van der Waals surface area contributed by atoms with Gasteiger partial charge in [0, 0.05) is 57.8 Å². The van der Waals surface area contributed by atoms with Crippen LogP contribution >= 0.6 is 0 Å². The Morgan fingerprint density at radius 1 is 1.06 bits per heavy atom. The van der Waals surface area contributed by atoms with E-state index in [2.05, 4.69) is 26.3 Å². The minimum Gasteiger partial charge on any atom is -0.459 e. The lowest BCUT2D eigenvalue weighted by Crippen LogP contribution is -2.50. The highest BCUT2D eigenvalue weighted by atomic mass is 16.3. The van der Waals surface area contributed by atoms with Gasteiger partial charge in [0.2, 0.25) is 5.91 Å². The molecule has 0 spiro atoms. The summed E-state index contributed by atoms with van der Waals surface area (Å²) >= 11 is 0. The maximum Gasteiger partial charge on any atom is 0.289 e. The highest BCUT2D eigenvalue weighted by molar-refractivity contribution is 5.91. The first-order valence-electron chi connectivity index (χ1n) is 12.1. The molecule has 2 aromatic heterocycles. The maximum atomic E-state index is 12.8. The number of amides is 2. The van der Waals surface area contributed by atoms with Gasteiger partial charge in [0.1, 0.15) is 18.0 Å². The molecule has 0 aromatic carbocycles. The summed E-state index contributed by atoms with van der Waals surface area (Å²) in [6, 6.07) is 6.01. The zero-order valence-corrected chi connectivity index (χ0v) is 19.0. The fourth-order valence-corrected chi connectivity index (χ4v) is 4.75. The lowest BCUT2D eigenvalue weighted by atomic mass is 9.93. The normalized spacial score (nSPS) is 21.2. The van der Waals surface area contributed by atoms with Gasteiger partial charge < -0.3 is 24.4 Å². The predicted octanol–water partition coefficient (Wildman–Crippen LogP) is 2.63. The molecule has 1 aliphatic carbocycles. The first-order valence-corrected chi connectivity index (χ1v) is 12.1. The molecule has 2 aliphatic heterocycles. The minimum absolute atomic E-state index is 0.102. The first kappa shape index (κ1) is 21.7. The lowest BCUT2D eigenvalue weighted by Gasteiger charge is -2.36. The standard InChI is InChI=1S/C24H32N6O3/c31-23(28-10-12-29(13-11-28)24(32)20-4-2-14-33-20)8-5-18-3-1-9-30(16-18)22-15-21(25-17-26-22)27-19-6-7-19/h2,4,14-15,17-19H,1,3,5-13,16H2,(H,25,26,27). The Kier molecular flexibility index (Phi) is 6.46. The van der Waals surface area contributed by atoms with Crippen molar-refractivity contribution < 1.29 is 14.0 Å². The van der Waals surface area contributed by atoms with Crippen LogP contribution < -0.4 is 10.2 Å². The number of hydrogen-bond acceptors (Lipinski definition) is 7. The van der Waals surface area contributed by atoms with E-state index in [9.17, 15) is 9.59 Å². The molecule has 2 amide bonds. The zero-order chi connectivity index (χ0) is 22.6. The van der Waals surface area contributed by atoms with Crippen LogP contribution in [0.1, 0.15) is 49.1 Å². The molecule has 9 nitrogen and oxygen atoms in total. The molecular formula is C24H32N6O3. The van der Waals surface area contributed by atoms with Gasteiger partial charge >= 0.3 is 0 Å². The summed E-state index contributed by atoms with van der Waals surface area (Å²) in [5.74, 6) is 2.81. The van der Waals surface area contributed by atoms with Crippen LogP contribution in [0.25, 0.3) is 0 Å². The molecule has 176 valence electrons. The third kappa shape index (κ3) is 5.46. The van der Waals surface area contributed by atoms with Gasteiger partial charge in [0.15, 0.2) is 5.76 Å². The van der Waals surface area contributed by atoms with Gasteiger partial charge in [-0.15, -0.1) is 0 Å². The Morgan fingerprint density at radius 3 is 2.64 bits per heavy atom. The first-order chi connectivity index (χ1) is 16.2. The number of furan rings is 1. The largest absolute Gasteiger partial charge is 0.459 e. The van der Waals surface area contributed by atoms with Crippen molar-refractivity contribution in [1.29, 1.82) is 0 Å². The molecule has 5 rings (SSSR count). The van der Waals surface area contributed by atoms with E-state index in [0.717, 1.165) is 44.0 Å². The molecule has 0 radical (unpaired) electrons. The van der Waals surface area contributed by atoms with Crippen molar-refractivity contribution in [3.63, 3.8) is 0 Å². The number of carbonyl (C=O) groups is 2. The van der Waals surface area contributed by atoms with Crippen LogP contribution in [0.5, 0.6) is 0 Å². The number of aromatic nitrogens is 2. The van der Waals surface area contributed by atoms with Gasteiger partial charge in [-0.05, 0) is 50.2 Å². The maximum absolute atomic E-state index is 12.8. The molecule has 3 aliphatic rings. The van der Waals surface area contributed by atoms with E-state index in [0.29, 0.717) is 50.3 Å². The van der Waals surface area contributed by atoms with Crippen molar-refractivity contribution in [3.8, 4) is 0 Å². The van der Waals surface area contributed by atoms with Gasteiger partial charge in [-0.3, -0.25) is 9.59 Å². The fraction of sp³-hybridized carbons (Fsp3) is 0.583. The Morgan fingerprint density at radius 2 is 1.88 bits per heavy atom. The van der Waals surface area contributed by atoms with E-state index < -0.39 is 0 Å². The highest BCUT2D eigenvalue weighted by Gasteiger charge is 2.28. The Balaban J connectivity index is 1.07. The number of nitrogens with one attached hydrogen (secondary N) is 1. The average Bonchev–Trinajstić information content (AvgIpc) is 3.50. The summed E-state index contributed by atoms with van der Waals surface area (Å²) in [4.78, 5) is 40.0. The quantitative estimate of drug-likeness (QED) is 0.690. The van der Waals surface area contributed by atoms with E-state index in [1.807, 2.05) is 4.90 Å². The van der Waals surface area contributed by atoms with Crippen LogP contribution in [0, 0.1) is 5.92 Å². The van der Waals surface area contributed by atoms with Crippen LogP contribution in [-0.2, 0) is 4.79 Å². The van der Waals surface area contributed by atoms with Gasteiger partial charge in [-0.25, -0.2) is 9.97 Å². The highest BCUT2D eigenvalue weighted by Crippen LogP contribution is 2.28. The second-order valence-electron chi connectivity index (χ2n) is 9.32. The minimum atomic E-state index is -0.102. The van der Waals surface area contributed by atoms with Crippen LogP contribution in [-0.4, -0.2) is 76.9 Å². The third-order valence-electron chi connectivity index (χ3n) is 6.84. The monoisotopic (exact) mass is 452 g/mol. The molecule has 0 bridgehead atoms. The Bertz CT molecular complexity index is 953. The second-order valence-corrected chi connectivity index (χ2v) is 9.32. The number of nitrogens with zero attached hydrogens (tertiary/aromatic N) is 5. The van der Waals surface area contributed by atoms with Crippen molar-refractivity contribution in [2.24, 2.45) is 5.92 Å². The summed E-state index contributed by atoms with van der Waals surface area (Å²) < 4.78 is 5.21. The molecule has 1 saturated carbocycles. The zero-order valence-electron chi connectivity index (χ0n) is 19.0. The van der Waals surface area contributed by atoms with E-state index in [1.165, 1.54) is 19.1 Å². The number of piperidine rings is 1. The van der Waals surface area contributed by atoms with Crippen molar-refractivity contribution in [2.45, 2.75) is 44.6 Å². The van der Waals surface area contributed by atoms with Crippen LogP contribution in [0.2, 0.25) is 0 Å². The predicted molar refractivity (Wildman–Crippen MR) is 124 cm³/mol. The van der Waals surface area contributed by atoms with Crippen LogP contribution in [0.3, 0.4) is 0 Å². The van der Waals surface area contributed by atoms with Crippen LogP contribution in [0.15, 0.2) is 35.2 Å². The van der Waals surface area contributed by atoms with Crippen molar-refractivity contribution in [1.82, 2.24) is 19.8 Å². The van der Waals surface area contributed by atoms with Gasteiger partial charge in [-0.1, -0.05) is 0 Å². The Hall–Kier alpha value is -3.10. The molecular weight excluding hydrogens is 420 g/mol. The Labute approximate surface area is 194 Å². The average molecular weight is 453 g/mol. The number of piperazine rings is 1. The molecule has 9 heteroatoms. The second kappa shape index (κ2) is 9.80. The SMILES string of the molecule is O=C(CCC1CCCN(c2cc(NC3CC3)ncn2)C1)N1CCN(C(=O)c2ccco2)CC1. The van der Waals surface area contributed by atoms with E-state index >= 15 is 0 Å². The summed E-state index contributed by atoms with van der Waals surface area (Å²) in [6.45, 7) is 4.19. The number of anilines is 2. The molecule has 2 aromatic rings. The number of hydrogen-bond donors (Lipinski definition) is 1. The summed E-state index contributed by atoms with van der Waals surface area (Å²) in [5.41, 5.74) is 0. The molecule has 3 fully saturated rings. The molecule has 1 N–H and O–H groups in total. The third-order valence-corrected chi connectivity index (χ3v) is 6.84. The van der Waals surface area contributed by atoms with Gasteiger partial charge in [0.05, 0.1) is 6.26 Å². The lowest BCUT2D eigenvalue weighted by molar-refractivity contribution is -0.133. The number of carbonyl (C=O) groups excluding carboxylic acids is 2. The topological polar surface area (TPSA) is 94.8 Å². The van der Waals surface area contributed by atoms with Crippen molar-refractivity contribution >= 4 is 23.5 Å². The molecule has 4 heterocycles. The van der Waals surface area contributed by atoms with E-state index in [1.54, 1.807) is 23.4 Å². The summed E-state index contributed by atoms with van der Waals surface area (Å²) in [5, 5.41) is 3.44. The van der Waals surface area contributed by atoms with Crippen LogP contribution in [0.4, 0.5) is 11.6 Å². The van der Waals surface area contributed by atoms with Crippen molar-refractivity contribution in [3.05, 3.63) is 36.5 Å². The molecule has 1 atom stereocenters. The fourth-order valence-electron chi connectivity index (χ4n) is 4.75. The molecule has 33 heavy (non-hydrogen) atoms. The van der Waals surface area contributed by atoms with Gasteiger partial charge in [-0.2, -0.15) is 0 Å². The smallest absolute Gasteiger partial charge is 0.289 e. The molecule has 2 saturated heterocycles. The molecule has 1 unspecified atom stereocenters. The number of rotatable bonds is 7. The van der Waals surface area contributed by atoms with E-state index in [-0.39, 0.29) is 11.8 Å². The van der Waals surface area contributed by atoms with Crippen molar-refractivity contribution in [2.75, 3.05) is 49.5 Å². The van der Waals surface area contributed by atoms with E-state index in [4.69, 9.17) is 4.42 Å². The summed E-state index contributed by atoms with van der Waals surface area (Å²) in [7, 11) is 0. The summed E-state index contributed by atoms with van der Waals surface area (Å²) in [6.07, 6.45) is 9.29.